The Hall–Kier alpha value is -1.86. The molecule has 1 amide bonds. The average molecular weight is 995 g/mol. The minimum atomic E-state index is -1.61. The summed E-state index contributed by atoms with van der Waals surface area (Å²) in [5.74, 6) is -1.19. The first kappa shape index (κ1) is 66.2. The van der Waals surface area contributed by atoms with Crippen molar-refractivity contribution in [1.82, 2.24) is 5.32 Å². The number of esters is 1. The molecule has 0 radical (unpaired) electrons. The molecule has 11 nitrogen and oxygen atoms in total. The molecule has 1 heterocycles. The summed E-state index contributed by atoms with van der Waals surface area (Å²) in [6.45, 7) is 5.78. The lowest BCUT2D eigenvalue weighted by molar-refractivity contribution is -0.305. The lowest BCUT2D eigenvalue weighted by Crippen LogP contribution is -2.61. The van der Waals surface area contributed by atoms with Crippen molar-refractivity contribution in [3.8, 4) is 0 Å². The molecule has 11 heteroatoms. The lowest BCUT2D eigenvalue weighted by atomic mass is 9.99. The molecule has 0 spiro atoms. The highest BCUT2D eigenvalue weighted by Crippen LogP contribution is 2.26. The Bertz CT molecular complexity index is 1230. The number of hydrogen-bond acceptors (Lipinski definition) is 10. The Morgan fingerprint density at radius 3 is 1.39 bits per heavy atom. The number of amides is 1. The van der Waals surface area contributed by atoms with E-state index < -0.39 is 67.4 Å². The lowest BCUT2D eigenvalue weighted by Gasteiger charge is -2.41. The van der Waals surface area contributed by atoms with Crippen LogP contribution in [0.2, 0.25) is 0 Å². The summed E-state index contributed by atoms with van der Waals surface area (Å²) in [5, 5.41) is 56.8. The maximum Gasteiger partial charge on any atom is 0.306 e. The van der Waals surface area contributed by atoms with Crippen molar-refractivity contribution in [1.29, 1.82) is 0 Å². The van der Waals surface area contributed by atoms with Crippen LogP contribution in [0.1, 0.15) is 278 Å². The van der Waals surface area contributed by atoms with Gasteiger partial charge in [-0.25, -0.2) is 0 Å². The molecule has 1 aliphatic heterocycles. The molecule has 8 unspecified atom stereocenters. The van der Waals surface area contributed by atoms with Crippen molar-refractivity contribution in [2.45, 2.75) is 327 Å². The summed E-state index contributed by atoms with van der Waals surface area (Å²) < 4.78 is 17.6. The Labute approximate surface area is 429 Å². The van der Waals surface area contributed by atoms with Gasteiger partial charge in [-0.15, -0.1) is 0 Å². The van der Waals surface area contributed by atoms with Crippen LogP contribution in [0, 0.1) is 0 Å². The summed E-state index contributed by atoms with van der Waals surface area (Å²) in [6, 6.07) is -1.02. The number of unbranched alkanes of at least 4 members (excludes halogenated alkanes) is 34. The Balaban J connectivity index is 2.70. The molecule has 0 aromatic heterocycles. The first-order valence-electron chi connectivity index (χ1n) is 29.6. The zero-order valence-electron chi connectivity index (χ0n) is 45.4. The van der Waals surface area contributed by atoms with Crippen molar-refractivity contribution < 1.29 is 49.3 Å². The predicted octanol–water partition coefficient (Wildman–Crippen LogP) is 13.3. The van der Waals surface area contributed by atoms with Gasteiger partial charge in [-0.05, 0) is 51.4 Å². The van der Waals surface area contributed by atoms with Gasteiger partial charge in [0.2, 0.25) is 5.91 Å². The van der Waals surface area contributed by atoms with Crippen LogP contribution in [-0.2, 0) is 23.8 Å². The highest BCUT2D eigenvalue weighted by Gasteiger charge is 2.47. The predicted molar refractivity (Wildman–Crippen MR) is 288 cm³/mol. The van der Waals surface area contributed by atoms with Crippen LogP contribution < -0.4 is 5.32 Å². The fourth-order valence-electron chi connectivity index (χ4n) is 9.35. The number of rotatable bonds is 50. The smallest absolute Gasteiger partial charge is 0.306 e. The van der Waals surface area contributed by atoms with Crippen LogP contribution in [0.5, 0.6) is 0 Å². The minimum Gasteiger partial charge on any atom is -0.454 e. The van der Waals surface area contributed by atoms with Crippen molar-refractivity contribution in [3.63, 3.8) is 0 Å². The minimum absolute atomic E-state index is 0.122. The van der Waals surface area contributed by atoms with Crippen LogP contribution in [0.15, 0.2) is 24.3 Å². The molecule has 1 fully saturated rings. The molecule has 0 aromatic rings. The molecule has 1 saturated heterocycles. The van der Waals surface area contributed by atoms with Crippen LogP contribution in [0.25, 0.3) is 0 Å². The summed E-state index contributed by atoms with van der Waals surface area (Å²) in [6.07, 6.45) is 43.6. The molecule has 70 heavy (non-hydrogen) atoms. The number of carbonyl (C=O) groups excluding carboxylic acids is 2. The number of aliphatic hydroxyl groups excluding tert-OH is 5. The van der Waals surface area contributed by atoms with Crippen molar-refractivity contribution in [3.05, 3.63) is 24.3 Å². The zero-order valence-corrected chi connectivity index (χ0v) is 45.4. The summed E-state index contributed by atoms with van der Waals surface area (Å²) in [5.41, 5.74) is 0. The fourth-order valence-corrected chi connectivity index (χ4v) is 9.35. The number of hydrogen-bond donors (Lipinski definition) is 6. The van der Waals surface area contributed by atoms with Crippen LogP contribution in [-0.4, -0.2) is 99.6 Å². The Morgan fingerprint density at radius 1 is 0.543 bits per heavy atom. The summed E-state index contributed by atoms with van der Waals surface area (Å²) in [4.78, 5) is 26.4. The van der Waals surface area contributed by atoms with Crippen LogP contribution in [0.3, 0.4) is 0 Å². The largest absolute Gasteiger partial charge is 0.454 e. The molecule has 0 saturated carbocycles. The van der Waals surface area contributed by atoms with E-state index in [0.29, 0.717) is 19.3 Å². The van der Waals surface area contributed by atoms with Gasteiger partial charge in [0.15, 0.2) is 12.4 Å². The van der Waals surface area contributed by atoms with E-state index >= 15 is 0 Å². The van der Waals surface area contributed by atoms with Gasteiger partial charge in [0.1, 0.15) is 24.4 Å². The topological polar surface area (TPSA) is 175 Å². The van der Waals surface area contributed by atoms with E-state index in [2.05, 4.69) is 38.2 Å². The third kappa shape index (κ3) is 36.1. The van der Waals surface area contributed by atoms with Crippen molar-refractivity contribution in [2.75, 3.05) is 13.2 Å². The van der Waals surface area contributed by atoms with Crippen LogP contribution >= 0.6 is 0 Å². The van der Waals surface area contributed by atoms with E-state index in [4.69, 9.17) is 14.2 Å². The molecule has 6 N–H and O–H groups in total. The van der Waals surface area contributed by atoms with E-state index in [-0.39, 0.29) is 13.0 Å². The molecular formula is C59H111NO10. The van der Waals surface area contributed by atoms with E-state index in [1.807, 2.05) is 6.08 Å². The molecule has 412 valence electrons. The van der Waals surface area contributed by atoms with Gasteiger partial charge in [0.05, 0.1) is 25.4 Å². The average Bonchev–Trinajstić information content (AvgIpc) is 3.36. The van der Waals surface area contributed by atoms with E-state index in [0.717, 1.165) is 70.6 Å². The number of aliphatic hydroxyl groups is 5. The zero-order chi connectivity index (χ0) is 51.1. The molecule has 1 rings (SSSR count). The first-order valence-corrected chi connectivity index (χ1v) is 29.6. The normalized spacial score (nSPS) is 19.8. The maximum absolute atomic E-state index is 13.4. The fraction of sp³-hybridized carbons (Fsp3) is 0.898. The maximum atomic E-state index is 13.4. The first-order chi connectivity index (χ1) is 34.2. The van der Waals surface area contributed by atoms with Gasteiger partial charge in [-0.1, -0.05) is 244 Å². The summed E-state index contributed by atoms with van der Waals surface area (Å²) in [7, 11) is 0. The third-order valence-electron chi connectivity index (χ3n) is 14.1. The molecule has 0 aliphatic carbocycles. The molecule has 1 aliphatic rings. The van der Waals surface area contributed by atoms with Crippen molar-refractivity contribution >= 4 is 11.9 Å². The Kier molecular flexibility index (Phi) is 45.5. The SMILES string of the molecule is CCCCCCCC/C=C/CCCCCCCCCC(=O)OC1C(OCC(NC(=O)C(O)CCCCCCCCCCCCCC)C(O)/C=C/CCCCCCCCCCCC)OC(CO)C(O)C1O. The van der Waals surface area contributed by atoms with Gasteiger partial charge in [0.25, 0.3) is 0 Å². The Morgan fingerprint density at radius 2 is 0.943 bits per heavy atom. The number of ether oxygens (including phenoxy) is 3. The highest BCUT2D eigenvalue weighted by atomic mass is 16.7. The van der Waals surface area contributed by atoms with Gasteiger partial charge in [-0.3, -0.25) is 9.59 Å². The number of carbonyl (C=O) groups is 2. The molecule has 0 bridgehead atoms. The highest BCUT2D eigenvalue weighted by molar-refractivity contribution is 5.80. The standard InChI is InChI=1S/C59H111NO10/c1-4-7-10-13-16-19-22-25-26-27-28-29-32-35-38-41-44-47-54(64)70-57-56(66)55(65)53(48-61)69-59(57)68-49-50(51(62)45-42-39-36-33-30-23-20-17-14-11-8-5-2)60-58(67)52(63)46-43-40-37-34-31-24-21-18-15-12-9-6-3/h25-26,42,45,50-53,55-57,59,61-63,65-66H,4-24,27-41,43-44,46-49H2,1-3H3,(H,60,67)/b26-25+,45-42+. The molecule has 0 aromatic carbocycles. The van der Waals surface area contributed by atoms with Crippen LogP contribution in [0.4, 0.5) is 0 Å². The molecule has 8 atom stereocenters. The number of nitrogens with one attached hydrogen (secondary N) is 1. The van der Waals surface area contributed by atoms with Gasteiger partial charge in [-0.2, -0.15) is 0 Å². The van der Waals surface area contributed by atoms with E-state index in [9.17, 15) is 35.1 Å². The second-order valence-electron chi connectivity index (χ2n) is 20.7. The number of allylic oxidation sites excluding steroid dienone is 3. The van der Waals surface area contributed by atoms with Gasteiger partial charge in [0, 0.05) is 6.42 Å². The summed E-state index contributed by atoms with van der Waals surface area (Å²) >= 11 is 0. The monoisotopic (exact) mass is 994 g/mol. The van der Waals surface area contributed by atoms with Gasteiger partial charge >= 0.3 is 5.97 Å². The van der Waals surface area contributed by atoms with Gasteiger partial charge < -0.3 is 45.1 Å². The van der Waals surface area contributed by atoms with E-state index in [1.54, 1.807) is 6.08 Å². The van der Waals surface area contributed by atoms with Crippen molar-refractivity contribution in [2.24, 2.45) is 0 Å². The second kappa shape index (κ2) is 48.1. The second-order valence-corrected chi connectivity index (χ2v) is 20.7. The third-order valence-corrected chi connectivity index (χ3v) is 14.1. The molecular weight excluding hydrogens is 883 g/mol. The quantitative estimate of drug-likeness (QED) is 0.0195. The van der Waals surface area contributed by atoms with E-state index in [1.165, 1.54) is 161 Å².